The molecule has 2 aliphatic rings. The molecular formula is C52H42BBrF2N6O8S2. The third kappa shape index (κ3) is 12.1. The summed E-state index contributed by atoms with van der Waals surface area (Å²) in [7, 11) is -7.56. The molecule has 0 aliphatic carbocycles. The zero-order valence-electron chi connectivity index (χ0n) is 38.1. The number of hydrogen-bond acceptors (Lipinski definition) is 12. The maximum atomic E-state index is 13.5. The van der Waals surface area contributed by atoms with Gasteiger partial charge in [0.1, 0.15) is 21.9 Å². The van der Waals surface area contributed by atoms with Crippen molar-refractivity contribution in [1.29, 1.82) is 10.5 Å². The zero-order valence-corrected chi connectivity index (χ0v) is 41.3. The number of sulfone groups is 2. The summed E-state index contributed by atoms with van der Waals surface area (Å²) in [6.45, 7) is 0. The number of ketones is 2. The second kappa shape index (κ2) is 21.7. The quantitative estimate of drug-likeness (QED) is 0.0985. The Bertz CT molecular complexity index is 3690. The van der Waals surface area contributed by atoms with Crippen molar-refractivity contribution >= 4 is 81.6 Å². The molecule has 2 aliphatic heterocycles. The van der Waals surface area contributed by atoms with E-state index < -0.39 is 26.8 Å². The molecule has 4 heterocycles. The Labute approximate surface area is 421 Å². The van der Waals surface area contributed by atoms with E-state index in [4.69, 9.17) is 20.4 Å². The fourth-order valence-electron chi connectivity index (χ4n) is 8.64. The first kappa shape index (κ1) is 51.2. The molecule has 2 saturated heterocycles. The maximum absolute atomic E-state index is 13.5. The predicted molar refractivity (Wildman–Crippen MR) is 272 cm³/mol. The number of halogens is 3. The van der Waals surface area contributed by atoms with Crippen molar-refractivity contribution in [2.24, 2.45) is 11.8 Å². The first-order chi connectivity index (χ1) is 34.4. The van der Waals surface area contributed by atoms with Gasteiger partial charge < -0.3 is 10.0 Å². The standard InChI is InChI=1S/C26H20FN3O3S.C19H16BrFN2O3S.C7H6BNO2/c27-21-5-7-22(8-6-21)30-24-14-19(25(31)13-18-10-11-34(32,33)16-18)4-9-23(24)26(29-30)20-3-1-2-17(12-20)15-28;20-19-16-6-1-13(18(24)9-12-7-8-27(25,26)11-12)10-17(16)23(22-19)15-4-2-14(21)3-5-15;9-5-6-2-1-3-7(4-6)8(10)11/h1-9,12,14,18H,10-11,13,16H2;1-6,10,12H,7-9,11H2;1-4,10-11H. The van der Waals surface area contributed by atoms with Gasteiger partial charge in [-0.1, -0.05) is 36.4 Å². The third-order valence-corrected chi connectivity index (χ3v) is 16.5. The van der Waals surface area contributed by atoms with E-state index in [9.17, 15) is 40.5 Å². The van der Waals surface area contributed by atoms with E-state index in [1.54, 1.807) is 94.3 Å². The highest BCUT2D eigenvalue weighted by molar-refractivity contribution is 9.10. The van der Waals surface area contributed by atoms with Crippen LogP contribution in [0.3, 0.4) is 0 Å². The van der Waals surface area contributed by atoms with Crippen molar-refractivity contribution in [2.45, 2.75) is 25.7 Å². The van der Waals surface area contributed by atoms with Gasteiger partial charge in [-0.3, -0.25) is 9.59 Å². The lowest BCUT2D eigenvalue weighted by Gasteiger charge is -2.08. The number of Topliss-reactive ketones (excluding diaryl/α,β-unsaturated/α-hetero) is 2. The van der Waals surface area contributed by atoms with Gasteiger partial charge in [0.05, 0.1) is 68.7 Å². The summed E-state index contributed by atoms with van der Waals surface area (Å²) < 4.78 is 77.4. The lowest BCUT2D eigenvalue weighted by Crippen LogP contribution is -2.29. The van der Waals surface area contributed by atoms with E-state index in [0.29, 0.717) is 67.7 Å². The molecule has 10 rings (SSSR count). The van der Waals surface area contributed by atoms with Crippen LogP contribution < -0.4 is 5.46 Å². The van der Waals surface area contributed by atoms with Crippen LogP contribution in [0.4, 0.5) is 8.78 Å². The Balaban J connectivity index is 0.000000162. The first-order valence-corrected chi connectivity index (χ1v) is 26.9. The summed E-state index contributed by atoms with van der Waals surface area (Å²) in [5.74, 6) is -0.771. The molecule has 2 atom stereocenters. The summed E-state index contributed by atoms with van der Waals surface area (Å²) in [4.78, 5) is 25.7. The van der Waals surface area contributed by atoms with Crippen LogP contribution >= 0.6 is 15.9 Å². The monoisotopic (exact) mass is 1070 g/mol. The van der Waals surface area contributed by atoms with Crippen molar-refractivity contribution < 1.29 is 45.3 Å². The third-order valence-electron chi connectivity index (χ3n) is 12.3. The minimum Gasteiger partial charge on any atom is -0.423 e. The lowest BCUT2D eigenvalue weighted by atomic mass is 9.80. The van der Waals surface area contributed by atoms with E-state index in [-0.39, 0.29) is 70.9 Å². The number of benzene rings is 6. The molecule has 0 radical (unpaired) electrons. The Kier molecular flexibility index (Phi) is 15.4. The van der Waals surface area contributed by atoms with Crippen molar-refractivity contribution in [3.63, 3.8) is 0 Å². The fraction of sp³-hybridized carbons (Fsp3) is 0.192. The number of carbonyl (C=O) groups excluding carboxylic acids is 2. The molecule has 0 saturated carbocycles. The molecule has 2 fully saturated rings. The van der Waals surface area contributed by atoms with Crippen LogP contribution in [0.1, 0.15) is 57.5 Å². The second-order valence-electron chi connectivity index (χ2n) is 17.5. The Morgan fingerprint density at radius 2 is 1.11 bits per heavy atom. The van der Waals surface area contributed by atoms with Crippen LogP contribution in [0.2, 0.25) is 0 Å². The van der Waals surface area contributed by atoms with Crippen molar-refractivity contribution in [3.05, 3.63) is 172 Å². The summed E-state index contributed by atoms with van der Waals surface area (Å²) >= 11 is 3.42. The summed E-state index contributed by atoms with van der Waals surface area (Å²) in [6.07, 6.45) is 1.43. The average Bonchev–Trinajstić information content (AvgIpc) is 4.13. The number of nitriles is 2. The zero-order chi connectivity index (χ0) is 51.3. The number of nitrogens with zero attached hydrogens (tertiary/aromatic N) is 6. The Morgan fingerprint density at radius 1 is 0.639 bits per heavy atom. The molecule has 14 nitrogen and oxygen atoms in total. The van der Waals surface area contributed by atoms with Gasteiger partial charge >= 0.3 is 7.12 Å². The van der Waals surface area contributed by atoms with Gasteiger partial charge in [-0.15, -0.1) is 0 Å². The fourth-order valence-corrected chi connectivity index (χ4v) is 12.9. The number of hydrogen-bond donors (Lipinski definition) is 2. The van der Waals surface area contributed by atoms with Crippen molar-refractivity contribution in [1.82, 2.24) is 19.6 Å². The molecule has 6 aromatic carbocycles. The smallest absolute Gasteiger partial charge is 0.423 e. The van der Waals surface area contributed by atoms with Gasteiger partial charge in [0, 0.05) is 40.3 Å². The van der Waals surface area contributed by atoms with Crippen LogP contribution in [-0.4, -0.2) is 88.1 Å². The molecule has 0 spiro atoms. The molecule has 0 amide bonds. The highest BCUT2D eigenvalue weighted by Gasteiger charge is 2.31. The highest BCUT2D eigenvalue weighted by Crippen LogP contribution is 2.33. The summed E-state index contributed by atoms with van der Waals surface area (Å²) in [6, 6.07) is 39.7. The van der Waals surface area contributed by atoms with Crippen LogP contribution in [0.25, 0.3) is 44.4 Å². The van der Waals surface area contributed by atoms with Crippen LogP contribution in [0.5, 0.6) is 0 Å². The normalized spacial score (nSPS) is 16.4. The molecule has 20 heteroatoms. The lowest BCUT2D eigenvalue weighted by molar-refractivity contribution is 0.0957. The highest BCUT2D eigenvalue weighted by atomic mass is 79.9. The van der Waals surface area contributed by atoms with Crippen molar-refractivity contribution in [2.75, 3.05) is 23.0 Å². The SMILES string of the molecule is N#Cc1cccc(-c2nn(-c3ccc(F)cc3)c3cc(C(=O)CC4CCS(=O)(=O)C4)ccc23)c1.N#Cc1cccc(B(O)O)c1.O=C(CC1CCS(=O)(=O)C1)c1ccc2c(Br)nn(-c3ccc(F)cc3)c2c1. The van der Waals surface area contributed by atoms with Gasteiger partial charge in [-0.25, -0.2) is 35.0 Å². The molecule has 2 N–H and O–H groups in total. The molecule has 2 aromatic heterocycles. The van der Waals surface area contributed by atoms with E-state index in [2.05, 4.69) is 27.1 Å². The summed E-state index contributed by atoms with van der Waals surface area (Å²) in [5, 5.41) is 45.9. The van der Waals surface area contributed by atoms with Gasteiger partial charge in [-0.05, 0) is 143 Å². The number of aromatic nitrogens is 4. The van der Waals surface area contributed by atoms with Crippen LogP contribution in [-0.2, 0) is 19.7 Å². The Morgan fingerprint density at radius 3 is 1.60 bits per heavy atom. The van der Waals surface area contributed by atoms with E-state index in [1.807, 2.05) is 24.3 Å². The average molecular weight is 1070 g/mol. The van der Waals surface area contributed by atoms with E-state index in [1.165, 1.54) is 30.3 Å². The molecular weight excluding hydrogens is 1030 g/mol. The van der Waals surface area contributed by atoms with Crippen molar-refractivity contribution in [3.8, 4) is 34.8 Å². The van der Waals surface area contributed by atoms with E-state index >= 15 is 0 Å². The largest absolute Gasteiger partial charge is 0.488 e. The van der Waals surface area contributed by atoms with Gasteiger partial charge in [0.25, 0.3) is 0 Å². The first-order valence-electron chi connectivity index (χ1n) is 22.5. The van der Waals surface area contributed by atoms with Gasteiger partial charge in [0.15, 0.2) is 31.2 Å². The Hall–Kier alpha value is -7.20. The molecule has 2 unspecified atom stereocenters. The van der Waals surface area contributed by atoms with Crippen LogP contribution in [0.15, 0.2) is 138 Å². The van der Waals surface area contributed by atoms with Gasteiger partial charge in [0.2, 0.25) is 0 Å². The molecule has 72 heavy (non-hydrogen) atoms. The number of carbonyl (C=O) groups is 2. The van der Waals surface area contributed by atoms with Crippen LogP contribution in [0, 0.1) is 46.1 Å². The van der Waals surface area contributed by atoms with Gasteiger partial charge in [-0.2, -0.15) is 20.7 Å². The maximum Gasteiger partial charge on any atom is 0.488 e. The molecule has 8 aromatic rings. The predicted octanol–water partition coefficient (Wildman–Crippen LogP) is 7.88. The number of fused-ring (bicyclic) bond motifs is 2. The summed E-state index contributed by atoms with van der Waals surface area (Å²) in [5.41, 5.74) is 6.32. The second-order valence-corrected chi connectivity index (χ2v) is 22.7. The minimum absolute atomic E-state index is 0.0495. The van der Waals surface area contributed by atoms with E-state index in [0.717, 1.165) is 21.9 Å². The number of rotatable bonds is 10. The topological polar surface area (TPSA) is 226 Å². The minimum atomic E-state index is -3.06. The molecule has 364 valence electrons. The molecule has 0 bridgehead atoms.